The molecule has 2 N–H and O–H groups in total. The first-order valence-electron chi connectivity index (χ1n) is 6.57. The van der Waals surface area contributed by atoms with Gasteiger partial charge in [0, 0.05) is 19.0 Å². The monoisotopic (exact) mass is 322 g/mol. The Hall–Kier alpha value is -2.29. The van der Waals surface area contributed by atoms with Crippen LogP contribution in [0.3, 0.4) is 0 Å². The Morgan fingerprint density at radius 2 is 2.23 bits per heavy atom. The third-order valence-corrected chi connectivity index (χ3v) is 5.04. The molecule has 3 rings (SSSR count). The maximum Gasteiger partial charge on any atom is 0.352 e. The van der Waals surface area contributed by atoms with Crippen LogP contribution in [0.4, 0.5) is 0 Å². The van der Waals surface area contributed by atoms with Crippen LogP contribution in [0.5, 0.6) is 0 Å². The summed E-state index contributed by atoms with van der Waals surface area (Å²) in [5, 5.41) is 15.4. The Morgan fingerprint density at radius 3 is 2.82 bits per heavy atom. The molecule has 0 radical (unpaired) electrons. The number of hydrogen-bond donors (Lipinski definition) is 2. The lowest BCUT2D eigenvalue weighted by Gasteiger charge is -2.49. The molecule has 1 saturated heterocycles. The molecule has 1 aromatic heterocycles. The SMILES string of the molecule is CC1=C(C(=O)O)N2C(=O)[C@@H](NC(=O)c3cnn(C)c3)[C@@H]2SC1. The van der Waals surface area contributed by atoms with Crippen molar-refractivity contribution in [1.82, 2.24) is 20.0 Å². The van der Waals surface area contributed by atoms with Gasteiger partial charge in [-0.3, -0.25) is 19.2 Å². The number of carbonyl (C=O) groups excluding carboxylic acids is 2. The van der Waals surface area contributed by atoms with Crippen molar-refractivity contribution in [2.75, 3.05) is 5.75 Å². The number of β-lactam (4-membered cyclic amide) rings is 1. The topological polar surface area (TPSA) is 105 Å². The molecule has 1 fully saturated rings. The van der Waals surface area contributed by atoms with Crippen molar-refractivity contribution in [2.45, 2.75) is 18.3 Å². The van der Waals surface area contributed by atoms with Crippen LogP contribution in [0, 0.1) is 0 Å². The second kappa shape index (κ2) is 5.16. The largest absolute Gasteiger partial charge is 0.477 e. The van der Waals surface area contributed by atoms with Crippen molar-refractivity contribution >= 4 is 29.5 Å². The number of thioether (sulfide) groups is 1. The first kappa shape index (κ1) is 14.6. The smallest absolute Gasteiger partial charge is 0.352 e. The number of carboxylic acids is 1. The summed E-state index contributed by atoms with van der Waals surface area (Å²) in [4.78, 5) is 36.8. The summed E-state index contributed by atoms with van der Waals surface area (Å²) in [6.45, 7) is 1.70. The van der Waals surface area contributed by atoms with Gasteiger partial charge in [0.2, 0.25) is 0 Å². The molecule has 0 spiro atoms. The van der Waals surface area contributed by atoms with Gasteiger partial charge in [0.15, 0.2) is 0 Å². The van der Waals surface area contributed by atoms with E-state index in [2.05, 4.69) is 10.4 Å². The summed E-state index contributed by atoms with van der Waals surface area (Å²) in [6, 6.07) is -0.708. The molecule has 3 heterocycles. The van der Waals surface area contributed by atoms with E-state index >= 15 is 0 Å². The van der Waals surface area contributed by atoms with E-state index < -0.39 is 23.8 Å². The molecule has 2 atom stereocenters. The number of fused-ring (bicyclic) bond motifs is 1. The van der Waals surface area contributed by atoms with Crippen molar-refractivity contribution in [3.63, 3.8) is 0 Å². The number of nitrogens with zero attached hydrogens (tertiary/aromatic N) is 3. The second-order valence-electron chi connectivity index (χ2n) is 5.20. The third-order valence-electron chi connectivity index (χ3n) is 3.62. The molecular formula is C13H14N4O4S. The van der Waals surface area contributed by atoms with Gasteiger partial charge in [0.1, 0.15) is 17.1 Å². The molecule has 116 valence electrons. The Kier molecular flexibility index (Phi) is 3.44. The van der Waals surface area contributed by atoms with Crippen molar-refractivity contribution in [2.24, 2.45) is 7.05 Å². The van der Waals surface area contributed by atoms with Gasteiger partial charge >= 0.3 is 5.97 Å². The Bertz CT molecular complexity index is 711. The van der Waals surface area contributed by atoms with Crippen LogP contribution in [-0.4, -0.2) is 54.7 Å². The van der Waals surface area contributed by atoms with Gasteiger partial charge in [-0.15, -0.1) is 11.8 Å². The third kappa shape index (κ3) is 2.17. The molecule has 22 heavy (non-hydrogen) atoms. The number of carboxylic acid groups (broad SMARTS) is 1. The Balaban J connectivity index is 1.76. The Morgan fingerprint density at radius 1 is 1.50 bits per heavy atom. The summed E-state index contributed by atoms with van der Waals surface area (Å²) < 4.78 is 1.49. The molecule has 0 aromatic carbocycles. The van der Waals surface area contributed by atoms with Crippen LogP contribution in [0.2, 0.25) is 0 Å². The molecule has 2 amide bonds. The molecule has 0 unspecified atom stereocenters. The van der Waals surface area contributed by atoms with Crippen LogP contribution in [0.1, 0.15) is 17.3 Å². The number of hydrogen-bond acceptors (Lipinski definition) is 5. The minimum atomic E-state index is -1.12. The highest BCUT2D eigenvalue weighted by molar-refractivity contribution is 8.00. The lowest BCUT2D eigenvalue weighted by molar-refractivity contribution is -0.148. The first-order valence-corrected chi connectivity index (χ1v) is 7.62. The van der Waals surface area contributed by atoms with E-state index in [1.54, 1.807) is 20.2 Å². The van der Waals surface area contributed by atoms with Crippen LogP contribution in [-0.2, 0) is 16.6 Å². The van der Waals surface area contributed by atoms with E-state index in [4.69, 9.17) is 0 Å². The fourth-order valence-corrected chi connectivity index (χ4v) is 3.83. The lowest BCUT2D eigenvalue weighted by Crippen LogP contribution is -2.70. The van der Waals surface area contributed by atoms with Crippen molar-refractivity contribution < 1.29 is 19.5 Å². The van der Waals surface area contributed by atoms with Gasteiger partial charge in [-0.2, -0.15) is 5.10 Å². The van der Waals surface area contributed by atoms with Gasteiger partial charge in [-0.05, 0) is 12.5 Å². The molecule has 1 aromatic rings. The first-order chi connectivity index (χ1) is 10.4. The highest BCUT2D eigenvalue weighted by Gasteiger charge is 2.53. The summed E-state index contributed by atoms with van der Waals surface area (Å²) in [5.41, 5.74) is 1.04. The average Bonchev–Trinajstić information content (AvgIpc) is 2.90. The van der Waals surface area contributed by atoms with E-state index in [1.807, 2.05) is 0 Å². The predicted molar refractivity (Wildman–Crippen MR) is 77.9 cm³/mol. The molecule has 8 nitrogen and oxygen atoms in total. The number of aromatic nitrogens is 2. The number of amides is 2. The lowest BCUT2D eigenvalue weighted by atomic mass is 10.0. The maximum absolute atomic E-state index is 12.2. The molecule has 0 aliphatic carbocycles. The summed E-state index contributed by atoms with van der Waals surface area (Å²) in [7, 11) is 1.69. The zero-order valence-electron chi connectivity index (χ0n) is 11.9. The van der Waals surface area contributed by atoms with Gasteiger partial charge in [-0.1, -0.05) is 0 Å². The average molecular weight is 322 g/mol. The summed E-state index contributed by atoms with van der Waals surface area (Å²) in [5.74, 6) is -1.38. The highest BCUT2D eigenvalue weighted by Crippen LogP contribution is 2.40. The standard InChI is InChI=1S/C13H14N4O4S/c1-6-5-22-12-8(11(19)17(12)9(6)13(20)21)15-10(18)7-3-14-16(2)4-7/h3-4,8,12H,5H2,1-2H3,(H,15,18)(H,20,21)/t8-,12+/m1/s1. The zero-order valence-corrected chi connectivity index (χ0v) is 12.8. The molecule has 9 heteroatoms. The molecular weight excluding hydrogens is 308 g/mol. The van der Waals surface area contributed by atoms with E-state index in [0.717, 1.165) is 0 Å². The number of aliphatic carboxylic acids is 1. The number of aryl methyl sites for hydroxylation is 1. The maximum atomic E-state index is 12.2. The molecule has 2 aliphatic rings. The normalized spacial score (nSPS) is 23.9. The quantitative estimate of drug-likeness (QED) is 0.746. The van der Waals surface area contributed by atoms with E-state index in [9.17, 15) is 19.5 Å². The van der Waals surface area contributed by atoms with Crippen LogP contribution >= 0.6 is 11.8 Å². The highest BCUT2D eigenvalue weighted by atomic mass is 32.2. The minimum absolute atomic E-state index is 0.0284. The van der Waals surface area contributed by atoms with Gasteiger partial charge in [-0.25, -0.2) is 4.79 Å². The second-order valence-corrected chi connectivity index (χ2v) is 6.30. The van der Waals surface area contributed by atoms with Gasteiger partial charge in [0.05, 0.1) is 11.8 Å². The number of nitrogens with one attached hydrogen (secondary N) is 1. The van der Waals surface area contributed by atoms with Crippen molar-refractivity contribution in [3.8, 4) is 0 Å². The Labute approximate surface area is 130 Å². The van der Waals surface area contributed by atoms with E-state index in [1.165, 1.54) is 27.5 Å². The molecule has 0 saturated carbocycles. The van der Waals surface area contributed by atoms with Crippen LogP contribution in [0.25, 0.3) is 0 Å². The summed E-state index contributed by atoms with van der Waals surface area (Å²) in [6.07, 6.45) is 2.97. The van der Waals surface area contributed by atoms with E-state index in [0.29, 0.717) is 16.9 Å². The minimum Gasteiger partial charge on any atom is -0.477 e. The zero-order chi connectivity index (χ0) is 16.0. The van der Waals surface area contributed by atoms with E-state index in [-0.39, 0.29) is 11.1 Å². The van der Waals surface area contributed by atoms with Crippen LogP contribution < -0.4 is 5.32 Å². The van der Waals surface area contributed by atoms with Crippen molar-refractivity contribution in [3.05, 3.63) is 29.2 Å². The van der Waals surface area contributed by atoms with Gasteiger partial charge in [0.25, 0.3) is 11.8 Å². The predicted octanol–water partition coefficient (Wildman–Crippen LogP) is -0.208. The number of rotatable bonds is 3. The van der Waals surface area contributed by atoms with Crippen molar-refractivity contribution in [1.29, 1.82) is 0 Å². The number of carbonyl (C=O) groups is 3. The summed E-state index contributed by atoms with van der Waals surface area (Å²) >= 11 is 1.44. The van der Waals surface area contributed by atoms with Gasteiger partial charge < -0.3 is 10.4 Å². The molecule has 0 bridgehead atoms. The van der Waals surface area contributed by atoms with Crippen LogP contribution in [0.15, 0.2) is 23.7 Å². The molecule has 2 aliphatic heterocycles. The fourth-order valence-electron chi connectivity index (χ4n) is 2.54. The fraction of sp³-hybridized carbons (Fsp3) is 0.385.